The molecule has 0 fully saturated rings. The van der Waals surface area contributed by atoms with Crippen LogP contribution in [0.1, 0.15) is 99.6 Å². The predicted molar refractivity (Wildman–Crippen MR) is 427 cm³/mol. The number of rotatable bonds is 19. The minimum atomic E-state index is -1.78. The lowest BCUT2D eigenvalue weighted by molar-refractivity contribution is -0.400. The number of nitrogens with two attached hydrogens (primary N) is 1. The minimum absolute atomic E-state index is 0. The van der Waals surface area contributed by atoms with Gasteiger partial charge in [-0.25, -0.2) is 73.8 Å². The predicted octanol–water partition coefficient (Wildman–Crippen LogP) is 18.3. The summed E-state index contributed by atoms with van der Waals surface area (Å²) in [5.41, 5.74) is 9.41. The lowest BCUT2D eigenvalue weighted by Gasteiger charge is -2.23. The summed E-state index contributed by atoms with van der Waals surface area (Å²) in [5, 5.41) is 31.0. The summed E-state index contributed by atoms with van der Waals surface area (Å²) >= 11 is 32.1. The second-order valence-electron chi connectivity index (χ2n) is 25.0. The summed E-state index contributed by atoms with van der Waals surface area (Å²) in [6, 6.07) is 37.3. The van der Waals surface area contributed by atoms with E-state index < -0.39 is 69.2 Å². The van der Waals surface area contributed by atoms with Gasteiger partial charge in [-0.15, -0.1) is 0 Å². The number of halogens is 18. The molecule has 11 rings (SSSR count). The van der Waals surface area contributed by atoms with Gasteiger partial charge in [0.05, 0.1) is 50.0 Å². The molecule has 3 unspecified atom stereocenters. The molecule has 11 aromatic rings. The third-order valence-corrected chi connectivity index (χ3v) is 18.6. The third-order valence-electron chi connectivity index (χ3n) is 16.0. The Hall–Kier alpha value is -8.75. The fourth-order valence-corrected chi connectivity index (χ4v) is 11.5. The van der Waals surface area contributed by atoms with Gasteiger partial charge in [0, 0.05) is 34.2 Å². The molecule has 602 valence electrons. The fourth-order valence-electron chi connectivity index (χ4n) is 9.59. The first kappa shape index (κ1) is 95.8. The van der Waals surface area contributed by atoms with E-state index in [9.17, 15) is 68.8 Å². The summed E-state index contributed by atoms with van der Waals surface area (Å²) in [7, 11) is 1.38. The van der Waals surface area contributed by atoms with Crippen LogP contribution < -0.4 is 33.3 Å². The lowest BCUT2D eigenvalue weighted by atomic mass is 9.92. The van der Waals surface area contributed by atoms with Crippen LogP contribution in [-0.4, -0.2) is 77.2 Å². The van der Waals surface area contributed by atoms with Crippen LogP contribution in [0.15, 0.2) is 191 Å². The fraction of sp³-hybridized carbons (Fsp3) is 0.185. The number of primary amides is 1. The number of benzene rings is 5. The first-order valence-corrected chi connectivity index (χ1v) is 37.1. The molecule has 33 heteroatoms. The van der Waals surface area contributed by atoms with Crippen molar-refractivity contribution < 1.29 is 96.4 Å². The highest BCUT2D eigenvalue weighted by Gasteiger charge is 2.32. The number of allylic oxidation sites excluding steroid dienone is 2. The van der Waals surface area contributed by atoms with Crippen LogP contribution in [0.2, 0.25) is 20.1 Å². The van der Waals surface area contributed by atoms with Crippen LogP contribution in [0.5, 0.6) is 11.5 Å². The van der Waals surface area contributed by atoms with E-state index >= 15 is 0 Å². The number of hydrogen-bond donors (Lipinski definition) is 5. The Morgan fingerprint density at radius 2 is 0.807 bits per heavy atom. The van der Waals surface area contributed by atoms with E-state index in [0.29, 0.717) is 71.8 Å². The molecule has 0 saturated carbocycles. The SMILES string of the molecule is C=C(C)c1nc(-c2ccc(F)c(Cl)c2)ccc1F.C=C(C)c1nc(Br)ccc1F.CC(O)(C[NH3+])c1nc(-c2ccc(F)c(Cl)c2)ccc1F.CCC(C)(O)c1nc(-c2ccc(F)c(Cl)c2)ccc1F.COc1cc(C(=O)CCC(C)(O)c2nc(-c3ccc(F)c(Cl)c3)ccc2F)ccc1OCC(N)=O.Fc1ccc(Br)nc1Br.[Cl-]. The quantitative estimate of drug-likeness (QED) is 0.0288. The van der Waals surface area contributed by atoms with Crippen molar-refractivity contribution in [3.05, 3.63) is 303 Å². The maximum absolute atomic E-state index is 14.6. The first-order valence-electron chi connectivity index (χ1n) is 33.2. The molecule has 0 radical (unpaired) electrons. The van der Waals surface area contributed by atoms with Crippen LogP contribution in [0.25, 0.3) is 56.2 Å². The smallest absolute Gasteiger partial charge is 0.255 e. The Morgan fingerprint density at radius 1 is 0.465 bits per heavy atom. The molecule has 0 aliphatic rings. The van der Waals surface area contributed by atoms with Crippen LogP contribution >= 0.6 is 94.2 Å². The van der Waals surface area contributed by atoms with Gasteiger partial charge in [0.1, 0.15) is 112 Å². The number of ether oxygens (including phenoxy) is 2. The minimum Gasteiger partial charge on any atom is -1.00 e. The number of amides is 1. The van der Waals surface area contributed by atoms with Gasteiger partial charge >= 0.3 is 0 Å². The van der Waals surface area contributed by atoms with Crippen molar-refractivity contribution in [3.8, 4) is 56.5 Å². The molecule has 0 aliphatic heterocycles. The zero-order valence-corrected chi connectivity index (χ0v) is 69.8. The normalized spacial score (nSPS) is 12.2. The number of carbonyl (C=O) groups excluding carboxylic acids is 2. The topological polar surface area (TPSA) is 244 Å². The average Bonchev–Trinajstić information content (AvgIpc) is 0.804. The number of carbonyl (C=O) groups is 2. The third kappa shape index (κ3) is 27.2. The Labute approximate surface area is 701 Å². The Bertz CT molecular complexity index is 5190. The number of nitrogens with zero attached hydrogens (tertiary/aromatic N) is 6. The standard InChI is InChI=1S/C25H23ClF2N2O5.C15H14ClF2NO.C14H13ClF2N2O.C14H10ClF2N.C8H7BrFN.C5H2Br2FN.ClH/c1-25(33,24-18(28)6-7-19(30-24)14-3-5-17(27)16(26)11-14)10-9-20(31)15-4-8-21(22(12-15)34-2)35-13-23(29)32;1-3-15(2,20)14-12(18)6-7-13(19-14)9-4-5-11(17)10(16)8-9;1-14(20,7-18)13-11(17)4-5-12(19-13)8-2-3-10(16)9(15)6-8;1-8(2)14-12(17)5-6-13(18-14)9-3-4-11(16)10(15)7-9;1-5(2)8-6(10)3-4-7(9)11-8;6-4-2-1-3(8)5(7)9-4;/h3-8,11-12,33H,9-10,13H2,1-2H3,(H2,29,32);4-8,20H,3H2,1-2H3;2-6,20H,7,18H2,1H3;3-7H,1H2,2H3;3-4H,1H2,2H3;1-2H;1H. The molecule has 114 heavy (non-hydrogen) atoms. The van der Waals surface area contributed by atoms with Crippen LogP contribution in [0.4, 0.5) is 43.9 Å². The highest BCUT2D eigenvalue weighted by Crippen LogP contribution is 2.36. The van der Waals surface area contributed by atoms with Crippen LogP contribution in [-0.2, 0) is 21.6 Å². The van der Waals surface area contributed by atoms with Crippen LogP contribution in [0.3, 0.4) is 0 Å². The van der Waals surface area contributed by atoms with Crippen molar-refractivity contribution in [2.45, 2.75) is 77.6 Å². The van der Waals surface area contributed by atoms with E-state index in [-0.39, 0.29) is 126 Å². The van der Waals surface area contributed by atoms with E-state index in [1.54, 1.807) is 39.0 Å². The number of hydrogen-bond acceptors (Lipinski definition) is 13. The van der Waals surface area contributed by atoms with Crippen molar-refractivity contribution in [2.24, 2.45) is 5.73 Å². The summed E-state index contributed by atoms with van der Waals surface area (Å²) in [6.07, 6.45) is 0.0571. The number of aromatic nitrogens is 6. The Kier molecular flexibility index (Phi) is 36.4. The maximum atomic E-state index is 14.6. The van der Waals surface area contributed by atoms with E-state index in [1.165, 1.54) is 161 Å². The van der Waals surface area contributed by atoms with E-state index in [2.05, 4.69) is 96.6 Å². The van der Waals surface area contributed by atoms with Gasteiger partial charge in [-0.2, -0.15) is 0 Å². The Balaban J connectivity index is 0.000000257. The lowest BCUT2D eigenvalue weighted by Crippen LogP contribution is -3.00. The monoisotopic (exact) mass is 1870 g/mol. The van der Waals surface area contributed by atoms with Crippen molar-refractivity contribution in [1.82, 2.24) is 29.9 Å². The van der Waals surface area contributed by atoms with E-state index in [4.69, 9.17) is 61.6 Å². The molecule has 6 heterocycles. The van der Waals surface area contributed by atoms with E-state index in [1.807, 2.05) is 0 Å². The van der Waals surface area contributed by atoms with Gasteiger partial charge in [-0.3, -0.25) is 9.59 Å². The molecule has 5 aromatic carbocycles. The molecule has 1 amide bonds. The van der Waals surface area contributed by atoms with Gasteiger partial charge in [0.15, 0.2) is 35.3 Å². The largest absolute Gasteiger partial charge is 1.00 e. The van der Waals surface area contributed by atoms with Gasteiger partial charge < -0.3 is 48.7 Å². The van der Waals surface area contributed by atoms with Crippen molar-refractivity contribution in [1.29, 1.82) is 0 Å². The molecular formula is C81H70Br3Cl5F10N8O7. The van der Waals surface area contributed by atoms with Crippen molar-refractivity contribution >= 4 is 117 Å². The van der Waals surface area contributed by atoms with Gasteiger partial charge in [-0.05, 0) is 270 Å². The molecule has 0 spiro atoms. The zero-order chi connectivity index (χ0) is 84.1. The molecule has 6 aromatic heterocycles. The molecule has 0 saturated heterocycles. The van der Waals surface area contributed by atoms with Crippen molar-refractivity contribution in [3.63, 3.8) is 0 Å². The first-order chi connectivity index (χ1) is 53.0. The number of quaternary nitrogens is 1. The molecular weight excluding hydrogens is 1800 g/mol. The number of aliphatic hydroxyl groups is 3. The second-order valence-corrected chi connectivity index (χ2v) is 29.0. The highest BCUT2D eigenvalue weighted by molar-refractivity contribution is 9.11. The molecule has 15 nitrogen and oxygen atoms in total. The number of Topliss-reactive ketones (excluding diaryl/α,β-unsaturated/α-hetero) is 1. The number of pyridine rings is 6. The molecule has 0 bridgehead atoms. The van der Waals surface area contributed by atoms with Gasteiger partial charge in [0.25, 0.3) is 5.91 Å². The summed E-state index contributed by atoms with van der Waals surface area (Å²) in [5.74, 6) is -5.77. The summed E-state index contributed by atoms with van der Waals surface area (Å²) in [4.78, 5) is 48.0. The number of methoxy groups -OCH3 is 1. The maximum Gasteiger partial charge on any atom is 0.255 e. The van der Waals surface area contributed by atoms with Gasteiger partial charge in [0.2, 0.25) is 0 Å². The van der Waals surface area contributed by atoms with Gasteiger partial charge in [-0.1, -0.05) is 66.5 Å². The van der Waals surface area contributed by atoms with E-state index in [0.717, 1.165) is 12.1 Å². The molecule has 0 aliphatic carbocycles. The molecule has 8 N–H and O–H groups in total. The second kappa shape index (κ2) is 43.3. The zero-order valence-electron chi connectivity index (χ0n) is 61.3. The summed E-state index contributed by atoms with van der Waals surface area (Å²) in [6.45, 7) is 16.4. The van der Waals surface area contributed by atoms with Crippen LogP contribution in [0, 0.1) is 58.2 Å². The number of ketones is 1. The highest BCUT2D eigenvalue weighted by atomic mass is 79.9. The summed E-state index contributed by atoms with van der Waals surface area (Å²) < 4.78 is 146. The Morgan fingerprint density at radius 3 is 1.15 bits per heavy atom. The van der Waals surface area contributed by atoms with Crippen molar-refractivity contribution in [2.75, 3.05) is 20.3 Å². The molecule has 3 atom stereocenters. The average molecular weight is 1870 g/mol.